The van der Waals surface area contributed by atoms with Crippen LogP contribution in [0.2, 0.25) is 0 Å². The van der Waals surface area contributed by atoms with Crippen molar-refractivity contribution in [3.63, 3.8) is 0 Å². The van der Waals surface area contributed by atoms with Crippen LogP contribution in [-0.4, -0.2) is 36.9 Å². The zero-order valence-corrected chi connectivity index (χ0v) is 15.1. The molecule has 0 radical (unpaired) electrons. The average Bonchev–Trinajstić information content (AvgIpc) is 3.04. The highest BCUT2D eigenvalue weighted by Crippen LogP contribution is 2.21. The van der Waals surface area contributed by atoms with Gasteiger partial charge in [0.05, 0.1) is 22.1 Å². The fraction of sp³-hybridized carbons (Fsp3) is 0.500. The first-order chi connectivity index (χ1) is 11.4. The summed E-state index contributed by atoms with van der Waals surface area (Å²) >= 11 is 3.33. The van der Waals surface area contributed by atoms with Gasteiger partial charge in [0.1, 0.15) is 11.4 Å². The summed E-state index contributed by atoms with van der Waals surface area (Å²) in [5.74, 6) is -0.105. The van der Waals surface area contributed by atoms with Crippen molar-refractivity contribution in [2.24, 2.45) is 0 Å². The van der Waals surface area contributed by atoms with Crippen molar-refractivity contribution in [2.75, 3.05) is 6.54 Å². The maximum Gasteiger partial charge on any atom is 0.312 e. The predicted octanol–water partition coefficient (Wildman–Crippen LogP) is 1.96. The molecular formula is C14H19BrN6O3. The van der Waals surface area contributed by atoms with E-state index in [4.69, 9.17) is 0 Å². The highest BCUT2D eigenvalue weighted by molar-refractivity contribution is 9.10. The molecular weight excluding hydrogens is 380 g/mol. The summed E-state index contributed by atoms with van der Waals surface area (Å²) in [5.41, 5.74) is 0.846. The molecule has 2 heterocycles. The van der Waals surface area contributed by atoms with Gasteiger partial charge in [0, 0.05) is 25.7 Å². The molecule has 0 aliphatic heterocycles. The number of aryl methyl sites for hydroxylation is 3. The lowest BCUT2D eigenvalue weighted by Crippen LogP contribution is -2.26. The molecule has 0 saturated heterocycles. The van der Waals surface area contributed by atoms with Crippen LogP contribution in [0.5, 0.6) is 0 Å². The van der Waals surface area contributed by atoms with Gasteiger partial charge in [0.25, 0.3) is 0 Å². The molecule has 2 aromatic rings. The Bertz CT molecular complexity index is 739. The molecule has 0 fully saturated rings. The van der Waals surface area contributed by atoms with E-state index in [-0.39, 0.29) is 18.0 Å². The van der Waals surface area contributed by atoms with Gasteiger partial charge in [0.2, 0.25) is 5.91 Å². The second kappa shape index (κ2) is 8.04. The largest absolute Gasteiger partial charge is 0.356 e. The first kappa shape index (κ1) is 18.1. The Balaban J connectivity index is 1.73. The summed E-state index contributed by atoms with van der Waals surface area (Å²) in [5, 5.41) is 22.0. The molecule has 1 N–H and O–H groups in total. The highest BCUT2D eigenvalue weighted by atomic mass is 79.9. The molecule has 0 aliphatic rings. The molecule has 9 nitrogen and oxygen atoms in total. The van der Waals surface area contributed by atoms with Crippen LogP contribution in [0.1, 0.15) is 24.2 Å². The quantitative estimate of drug-likeness (QED) is 0.415. The van der Waals surface area contributed by atoms with Crippen LogP contribution < -0.4 is 5.32 Å². The van der Waals surface area contributed by atoms with E-state index in [2.05, 4.69) is 31.4 Å². The molecule has 0 spiro atoms. The number of nitro groups is 1. The maximum atomic E-state index is 11.9. The SMILES string of the molecule is Cc1nn(CCC(=O)NCCCn2cc(Br)cn2)c(C)c1[N+](=O)[O-]. The zero-order chi connectivity index (χ0) is 17.7. The molecule has 0 aliphatic carbocycles. The van der Waals surface area contributed by atoms with Crippen molar-refractivity contribution in [1.82, 2.24) is 24.9 Å². The minimum absolute atomic E-state index is 0.0146. The van der Waals surface area contributed by atoms with Crippen LogP contribution in [0.25, 0.3) is 0 Å². The lowest BCUT2D eigenvalue weighted by molar-refractivity contribution is -0.386. The summed E-state index contributed by atoms with van der Waals surface area (Å²) < 4.78 is 4.23. The Hall–Kier alpha value is -2.23. The Morgan fingerprint density at radius 3 is 2.75 bits per heavy atom. The normalized spacial score (nSPS) is 10.8. The van der Waals surface area contributed by atoms with Gasteiger partial charge in [0.15, 0.2) is 0 Å². The number of nitrogens with one attached hydrogen (secondary N) is 1. The van der Waals surface area contributed by atoms with Crippen LogP contribution in [0, 0.1) is 24.0 Å². The third-order valence-electron chi connectivity index (χ3n) is 3.56. The fourth-order valence-corrected chi connectivity index (χ4v) is 2.72. The van der Waals surface area contributed by atoms with Gasteiger partial charge in [-0.25, -0.2) is 0 Å². The Kier molecular flexibility index (Phi) is 6.07. The third kappa shape index (κ3) is 4.63. The van der Waals surface area contributed by atoms with Crippen molar-refractivity contribution in [1.29, 1.82) is 0 Å². The van der Waals surface area contributed by atoms with Gasteiger partial charge in [-0.3, -0.25) is 24.3 Å². The van der Waals surface area contributed by atoms with Gasteiger partial charge in [-0.15, -0.1) is 0 Å². The summed E-state index contributed by atoms with van der Waals surface area (Å²) in [6.07, 6.45) is 4.58. The van der Waals surface area contributed by atoms with E-state index in [1.54, 1.807) is 24.7 Å². The number of hydrogen-bond donors (Lipinski definition) is 1. The van der Waals surface area contributed by atoms with Crippen molar-refractivity contribution in [2.45, 2.75) is 39.8 Å². The molecule has 130 valence electrons. The van der Waals surface area contributed by atoms with Crippen LogP contribution >= 0.6 is 15.9 Å². The van der Waals surface area contributed by atoms with E-state index < -0.39 is 4.92 Å². The first-order valence-corrected chi connectivity index (χ1v) is 8.31. The van der Waals surface area contributed by atoms with Crippen LogP contribution in [0.4, 0.5) is 5.69 Å². The van der Waals surface area contributed by atoms with Crippen molar-refractivity contribution >= 4 is 27.5 Å². The Labute approximate surface area is 147 Å². The van der Waals surface area contributed by atoms with Gasteiger partial charge in [-0.2, -0.15) is 10.2 Å². The number of carbonyl (C=O) groups is 1. The number of carbonyl (C=O) groups excluding carboxylic acids is 1. The van der Waals surface area contributed by atoms with Gasteiger partial charge < -0.3 is 5.32 Å². The van der Waals surface area contributed by atoms with Crippen molar-refractivity contribution in [3.8, 4) is 0 Å². The molecule has 1 amide bonds. The van der Waals surface area contributed by atoms with Gasteiger partial charge in [-0.05, 0) is 36.2 Å². The summed E-state index contributed by atoms with van der Waals surface area (Å²) in [7, 11) is 0. The van der Waals surface area contributed by atoms with E-state index in [0.29, 0.717) is 24.5 Å². The standard InChI is InChI=1S/C14H19BrN6O3/c1-10-14(21(23)24)11(2)20(18-10)7-4-13(22)16-5-3-6-19-9-12(15)8-17-19/h8-9H,3-7H2,1-2H3,(H,16,22). The van der Waals surface area contributed by atoms with E-state index in [9.17, 15) is 14.9 Å². The zero-order valence-electron chi connectivity index (χ0n) is 13.5. The van der Waals surface area contributed by atoms with E-state index >= 15 is 0 Å². The number of aromatic nitrogens is 4. The minimum Gasteiger partial charge on any atom is -0.356 e. The molecule has 0 aromatic carbocycles. The maximum absolute atomic E-state index is 11.9. The molecule has 0 unspecified atom stereocenters. The number of rotatable bonds is 8. The highest BCUT2D eigenvalue weighted by Gasteiger charge is 2.21. The molecule has 2 aromatic heterocycles. The predicted molar refractivity (Wildman–Crippen MR) is 90.5 cm³/mol. The van der Waals surface area contributed by atoms with Crippen molar-refractivity contribution in [3.05, 3.63) is 38.4 Å². The van der Waals surface area contributed by atoms with E-state index in [1.807, 2.05) is 6.20 Å². The molecule has 0 saturated carbocycles. The number of hydrogen-bond acceptors (Lipinski definition) is 5. The van der Waals surface area contributed by atoms with E-state index in [1.165, 1.54) is 4.68 Å². The number of halogens is 1. The van der Waals surface area contributed by atoms with Crippen LogP contribution in [0.15, 0.2) is 16.9 Å². The summed E-state index contributed by atoms with van der Waals surface area (Å²) in [4.78, 5) is 22.4. The van der Waals surface area contributed by atoms with Crippen molar-refractivity contribution < 1.29 is 9.72 Å². The Morgan fingerprint density at radius 2 is 2.17 bits per heavy atom. The molecule has 24 heavy (non-hydrogen) atoms. The number of amides is 1. The van der Waals surface area contributed by atoms with Gasteiger partial charge >= 0.3 is 5.69 Å². The molecule has 0 atom stereocenters. The topological polar surface area (TPSA) is 108 Å². The smallest absolute Gasteiger partial charge is 0.312 e. The van der Waals surface area contributed by atoms with Crippen LogP contribution in [0.3, 0.4) is 0 Å². The van der Waals surface area contributed by atoms with Crippen LogP contribution in [-0.2, 0) is 17.9 Å². The molecule has 2 rings (SSSR count). The molecule has 0 bridgehead atoms. The van der Waals surface area contributed by atoms with E-state index in [0.717, 1.165) is 17.4 Å². The lowest BCUT2D eigenvalue weighted by Gasteiger charge is -2.06. The summed E-state index contributed by atoms with van der Waals surface area (Å²) in [6, 6.07) is 0. The average molecular weight is 399 g/mol. The second-order valence-electron chi connectivity index (χ2n) is 5.37. The minimum atomic E-state index is -0.443. The summed E-state index contributed by atoms with van der Waals surface area (Å²) in [6.45, 7) is 4.81. The first-order valence-electron chi connectivity index (χ1n) is 7.51. The van der Waals surface area contributed by atoms with Gasteiger partial charge in [-0.1, -0.05) is 0 Å². The fourth-order valence-electron chi connectivity index (χ4n) is 2.39. The monoisotopic (exact) mass is 398 g/mol. The Morgan fingerprint density at radius 1 is 1.42 bits per heavy atom. The third-order valence-corrected chi connectivity index (χ3v) is 3.97. The number of nitrogens with zero attached hydrogens (tertiary/aromatic N) is 5. The second-order valence-corrected chi connectivity index (χ2v) is 6.29. The lowest BCUT2D eigenvalue weighted by atomic mass is 10.3. The molecule has 10 heteroatoms.